The van der Waals surface area contributed by atoms with E-state index in [1.807, 2.05) is 12.1 Å². The summed E-state index contributed by atoms with van der Waals surface area (Å²) in [6, 6.07) is 19.5. The van der Waals surface area contributed by atoms with E-state index in [2.05, 4.69) is 60.4 Å². The lowest BCUT2D eigenvalue weighted by molar-refractivity contribution is 0.0113. The Hall–Kier alpha value is -2.06. The van der Waals surface area contributed by atoms with Crippen LogP contribution in [-0.4, -0.2) is 29.1 Å². The molecule has 0 radical (unpaired) electrons. The summed E-state index contributed by atoms with van der Waals surface area (Å²) >= 11 is 0. The first kappa shape index (κ1) is 18.3. The summed E-state index contributed by atoms with van der Waals surface area (Å²) in [7, 11) is 0. The van der Waals surface area contributed by atoms with Crippen molar-refractivity contribution in [3.8, 4) is 5.75 Å². The molecule has 2 fully saturated rings. The minimum atomic E-state index is 0.178. The van der Waals surface area contributed by atoms with Crippen molar-refractivity contribution < 1.29 is 5.11 Å². The molecule has 142 valence electrons. The Kier molecular flexibility index (Phi) is 5.36. The molecule has 2 aliphatic rings. The Bertz CT molecular complexity index is 784. The maximum Gasteiger partial charge on any atom is 0.115 e. The highest BCUT2D eigenvalue weighted by atomic mass is 16.3. The van der Waals surface area contributed by atoms with E-state index in [0.29, 0.717) is 17.7 Å². The van der Waals surface area contributed by atoms with Gasteiger partial charge < -0.3 is 5.11 Å². The van der Waals surface area contributed by atoms with Crippen LogP contribution in [0.15, 0.2) is 66.7 Å². The van der Waals surface area contributed by atoms with Crippen LogP contribution < -0.4 is 0 Å². The normalized spacial score (nSPS) is 28.5. The molecule has 2 bridgehead atoms. The lowest BCUT2D eigenvalue weighted by Crippen LogP contribution is -2.58. The average Bonchev–Trinajstić information content (AvgIpc) is 2.69. The molecule has 2 heteroatoms. The van der Waals surface area contributed by atoms with Crippen LogP contribution in [0.4, 0.5) is 0 Å². The van der Waals surface area contributed by atoms with Crippen molar-refractivity contribution in [3.63, 3.8) is 0 Å². The zero-order valence-electron chi connectivity index (χ0n) is 16.3. The molecule has 0 spiro atoms. The second kappa shape index (κ2) is 7.90. The van der Waals surface area contributed by atoms with Crippen molar-refractivity contribution in [1.29, 1.82) is 0 Å². The summed E-state index contributed by atoms with van der Waals surface area (Å²) in [5, 5.41) is 10.1. The quantitative estimate of drug-likeness (QED) is 0.728. The Morgan fingerprint density at radius 3 is 2.74 bits per heavy atom. The predicted octanol–water partition coefficient (Wildman–Crippen LogP) is 5.32. The van der Waals surface area contributed by atoms with Gasteiger partial charge in [-0.3, -0.25) is 4.90 Å². The number of piperidine rings is 1. The van der Waals surface area contributed by atoms with Gasteiger partial charge in [-0.05, 0) is 62.4 Å². The van der Waals surface area contributed by atoms with E-state index in [1.54, 1.807) is 6.07 Å². The summed E-state index contributed by atoms with van der Waals surface area (Å²) in [6.45, 7) is 4.44. The van der Waals surface area contributed by atoms with Crippen LogP contribution in [0.3, 0.4) is 0 Å². The second-order valence-corrected chi connectivity index (χ2v) is 8.24. The maximum absolute atomic E-state index is 10.1. The number of phenolic OH excluding ortho intramolecular Hbond substituents is 1. The van der Waals surface area contributed by atoms with Crippen LogP contribution in [-0.2, 0) is 11.8 Å². The number of likely N-dealkylation sites (tertiary alicyclic amines) is 1. The van der Waals surface area contributed by atoms with Crippen LogP contribution in [0, 0.1) is 5.92 Å². The first-order chi connectivity index (χ1) is 13.2. The first-order valence-corrected chi connectivity index (χ1v) is 10.4. The van der Waals surface area contributed by atoms with E-state index in [1.165, 1.54) is 36.8 Å². The number of nitrogens with zero attached hydrogens (tertiary/aromatic N) is 1. The monoisotopic (exact) mass is 361 g/mol. The van der Waals surface area contributed by atoms with E-state index >= 15 is 0 Å². The molecule has 0 amide bonds. The molecule has 3 unspecified atom stereocenters. The fourth-order valence-electron chi connectivity index (χ4n) is 5.56. The minimum absolute atomic E-state index is 0.178. The largest absolute Gasteiger partial charge is 0.508 e. The van der Waals surface area contributed by atoms with E-state index in [0.717, 1.165) is 19.5 Å². The Labute approximate surface area is 163 Å². The predicted molar refractivity (Wildman–Crippen MR) is 112 cm³/mol. The van der Waals surface area contributed by atoms with Crippen molar-refractivity contribution in [2.75, 3.05) is 13.1 Å². The van der Waals surface area contributed by atoms with Gasteiger partial charge in [-0.15, -0.1) is 0 Å². The lowest BCUT2D eigenvalue weighted by atomic mass is 9.56. The van der Waals surface area contributed by atoms with Crippen LogP contribution in [0.2, 0.25) is 0 Å². The van der Waals surface area contributed by atoms with Crippen LogP contribution in [0.5, 0.6) is 5.75 Å². The summed E-state index contributed by atoms with van der Waals surface area (Å²) < 4.78 is 0. The molecule has 1 N–H and O–H groups in total. The molecule has 0 aromatic heterocycles. The maximum atomic E-state index is 10.1. The van der Waals surface area contributed by atoms with Crippen molar-refractivity contribution in [2.45, 2.75) is 50.5 Å². The smallest absolute Gasteiger partial charge is 0.115 e. The number of hydrogen-bond donors (Lipinski definition) is 1. The van der Waals surface area contributed by atoms with Gasteiger partial charge >= 0.3 is 0 Å². The molecule has 1 saturated heterocycles. The number of aromatic hydroxyl groups is 1. The molecule has 4 rings (SSSR count). The summed E-state index contributed by atoms with van der Waals surface area (Å²) in [5.41, 5.74) is 2.94. The average molecular weight is 362 g/mol. The Morgan fingerprint density at radius 1 is 1.11 bits per heavy atom. The molecule has 1 saturated carbocycles. The first-order valence-electron chi connectivity index (χ1n) is 10.4. The minimum Gasteiger partial charge on any atom is -0.508 e. The SMILES string of the molecule is CC=CC1C2CCCC1(c1cccc(O)c1)CCN2CCc1ccccc1. The van der Waals surface area contributed by atoms with E-state index in [9.17, 15) is 5.11 Å². The molecule has 2 nitrogen and oxygen atoms in total. The highest BCUT2D eigenvalue weighted by Crippen LogP contribution is 2.52. The summed E-state index contributed by atoms with van der Waals surface area (Å²) in [4.78, 5) is 2.73. The molecule has 2 aromatic carbocycles. The Balaban J connectivity index is 1.59. The molecule has 1 heterocycles. The van der Waals surface area contributed by atoms with Crippen LogP contribution in [0.25, 0.3) is 0 Å². The van der Waals surface area contributed by atoms with Crippen LogP contribution >= 0.6 is 0 Å². The number of fused-ring (bicyclic) bond motifs is 2. The third kappa shape index (κ3) is 3.55. The van der Waals surface area contributed by atoms with Gasteiger partial charge in [0.2, 0.25) is 0 Å². The fourth-order valence-corrected chi connectivity index (χ4v) is 5.56. The molecule has 27 heavy (non-hydrogen) atoms. The van der Waals surface area contributed by atoms with Gasteiger partial charge in [-0.25, -0.2) is 0 Å². The lowest BCUT2D eigenvalue weighted by Gasteiger charge is -2.56. The number of hydrogen-bond acceptors (Lipinski definition) is 2. The zero-order valence-corrected chi connectivity index (χ0v) is 16.3. The van der Waals surface area contributed by atoms with Gasteiger partial charge in [0.1, 0.15) is 5.75 Å². The third-order valence-corrected chi connectivity index (χ3v) is 6.84. The van der Waals surface area contributed by atoms with E-state index in [-0.39, 0.29) is 5.41 Å². The van der Waals surface area contributed by atoms with Gasteiger partial charge in [0, 0.05) is 23.9 Å². The van der Waals surface area contributed by atoms with Gasteiger partial charge in [0.05, 0.1) is 0 Å². The number of benzene rings is 2. The summed E-state index contributed by atoms with van der Waals surface area (Å²) in [5.74, 6) is 0.928. The van der Waals surface area contributed by atoms with Crippen LogP contribution in [0.1, 0.15) is 43.7 Å². The van der Waals surface area contributed by atoms with Gasteiger partial charge in [0.25, 0.3) is 0 Å². The highest BCUT2D eigenvalue weighted by Gasteiger charge is 2.50. The molecule has 1 aliphatic carbocycles. The molecular formula is C25H31NO. The van der Waals surface area contributed by atoms with E-state index < -0.39 is 0 Å². The number of allylic oxidation sites excluding steroid dienone is 1. The van der Waals surface area contributed by atoms with Gasteiger partial charge in [0.15, 0.2) is 0 Å². The standard InChI is InChI=1S/C25H31NO/c1-2-8-23-24-13-7-15-25(23,21-11-6-12-22(27)19-21)16-18-26(24)17-14-20-9-4-3-5-10-20/h2-6,8-12,19,23-24,27H,7,13-18H2,1H3. The van der Waals surface area contributed by atoms with Gasteiger partial charge in [-0.1, -0.05) is 61.0 Å². The molecule has 3 atom stereocenters. The fraction of sp³-hybridized carbons (Fsp3) is 0.440. The Morgan fingerprint density at radius 2 is 1.96 bits per heavy atom. The topological polar surface area (TPSA) is 23.5 Å². The zero-order chi connectivity index (χ0) is 18.7. The number of rotatable bonds is 5. The third-order valence-electron chi connectivity index (χ3n) is 6.84. The van der Waals surface area contributed by atoms with E-state index in [4.69, 9.17) is 0 Å². The summed E-state index contributed by atoms with van der Waals surface area (Å²) in [6.07, 6.45) is 10.8. The molecular weight excluding hydrogens is 330 g/mol. The second-order valence-electron chi connectivity index (χ2n) is 8.24. The molecule has 2 aromatic rings. The van der Waals surface area contributed by atoms with Gasteiger partial charge in [-0.2, -0.15) is 0 Å². The number of phenols is 1. The van der Waals surface area contributed by atoms with Crippen molar-refractivity contribution in [1.82, 2.24) is 4.90 Å². The molecule has 1 aliphatic heterocycles. The highest BCUT2D eigenvalue weighted by molar-refractivity contribution is 5.37. The van der Waals surface area contributed by atoms with Crippen molar-refractivity contribution in [3.05, 3.63) is 77.9 Å². The van der Waals surface area contributed by atoms with Crippen molar-refractivity contribution >= 4 is 0 Å². The van der Waals surface area contributed by atoms with Crippen molar-refractivity contribution in [2.24, 2.45) is 5.92 Å².